The average Bonchev–Trinajstić information content (AvgIpc) is 3.45. The molecule has 0 unspecified atom stereocenters. The van der Waals surface area contributed by atoms with Crippen LogP contribution in [0.2, 0.25) is 0 Å². The lowest BCUT2D eigenvalue weighted by Crippen LogP contribution is -2.33. The molecule has 3 aliphatic rings. The van der Waals surface area contributed by atoms with E-state index < -0.39 is 0 Å². The number of allylic oxidation sites excluding steroid dienone is 2. The molecule has 2 fully saturated rings. The second-order valence-corrected chi connectivity index (χ2v) is 8.86. The van der Waals surface area contributed by atoms with Crippen LogP contribution in [-0.4, -0.2) is 11.8 Å². The first-order valence-electron chi connectivity index (χ1n) is 10.9. The Morgan fingerprint density at radius 1 is 0.645 bits per heavy atom. The van der Waals surface area contributed by atoms with E-state index >= 15 is 0 Å². The fourth-order valence-corrected chi connectivity index (χ4v) is 6.15. The summed E-state index contributed by atoms with van der Waals surface area (Å²) in [5, 5.41) is 0. The van der Waals surface area contributed by atoms with Crippen LogP contribution in [0.3, 0.4) is 0 Å². The fourth-order valence-electron chi connectivity index (χ4n) is 6.15. The minimum Gasteiger partial charge on any atom is -0.274 e. The zero-order chi connectivity index (χ0) is 21.1. The maximum atomic E-state index is 13.6. The Morgan fingerprint density at radius 3 is 1.58 bits per heavy atom. The standard InChI is InChI=1S/C28H23NO2/c1-17-10-8-9-15-22(17)29-27(30)25-20-16-21(26(25)28(29)31)24(19-13-6-3-7-14-19)23(20)18-11-4-2-5-12-18/h2-15,20-21,25-26H,16H2,1H3/t20-,21-,25+,26+/m1/s1. The Hall–Kier alpha value is -3.46. The van der Waals surface area contributed by atoms with Gasteiger partial charge in [0, 0.05) is 0 Å². The third-order valence-electron chi connectivity index (χ3n) is 7.33. The number of hydrogen-bond donors (Lipinski definition) is 0. The van der Waals surface area contributed by atoms with Crippen LogP contribution in [0.4, 0.5) is 5.69 Å². The van der Waals surface area contributed by atoms with Crippen molar-refractivity contribution in [1.82, 2.24) is 0 Å². The number of fused-ring (bicyclic) bond motifs is 5. The summed E-state index contributed by atoms with van der Waals surface area (Å²) in [5.41, 5.74) is 6.53. The van der Waals surface area contributed by atoms with Gasteiger partial charge in [0.1, 0.15) is 0 Å². The second kappa shape index (κ2) is 6.78. The maximum absolute atomic E-state index is 13.6. The number of para-hydroxylation sites is 1. The van der Waals surface area contributed by atoms with Gasteiger partial charge in [-0.1, -0.05) is 78.9 Å². The van der Waals surface area contributed by atoms with Gasteiger partial charge in [-0.25, -0.2) is 4.90 Å². The topological polar surface area (TPSA) is 37.4 Å². The van der Waals surface area contributed by atoms with Crippen molar-refractivity contribution in [3.05, 3.63) is 102 Å². The van der Waals surface area contributed by atoms with Crippen molar-refractivity contribution in [2.75, 3.05) is 4.90 Å². The van der Waals surface area contributed by atoms with Crippen LogP contribution in [0.25, 0.3) is 11.1 Å². The number of amides is 2. The SMILES string of the molecule is Cc1ccccc1N1C(=O)[C@@H]2[C@@H](C1=O)[C@@H]1C[C@@H]2C(c2ccccc2)=C1c1ccccc1. The quantitative estimate of drug-likeness (QED) is 0.550. The molecule has 2 bridgehead atoms. The number of imide groups is 1. The predicted octanol–water partition coefficient (Wildman–Crippen LogP) is 5.36. The molecular weight excluding hydrogens is 382 g/mol. The number of anilines is 1. The molecular formula is C28H23NO2. The van der Waals surface area contributed by atoms with Crippen LogP contribution in [0, 0.1) is 30.6 Å². The number of aryl methyl sites for hydroxylation is 1. The molecule has 0 radical (unpaired) electrons. The summed E-state index contributed by atoms with van der Waals surface area (Å²) in [6.07, 6.45) is 0.878. The zero-order valence-electron chi connectivity index (χ0n) is 17.4. The minimum atomic E-state index is -0.264. The van der Waals surface area contributed by atoms with Gasteiger partial charge in [-0.3, -0.25) is 9.59 Å². The highest BCUT2D eigenvalue weighted by Gasteiger charge is 2.64. The van der Waals surface area contributed by atoms with E-state index in [2.05, 4.69) is 48.5 Å². The largest absolute Gasteiger partial charge is 0.274 e. The highest BCUT2D eigenvalue weighted by atomic mass is 16.2. The molecule has 0 N–H and O–H groups in total. The summed E-state index contributed by atoms with van der Waals surface area (Å²) in [7, 11) is 0. The Balaban J connectivity index is 1.51. The molecule has 2 aliphatic carbocycles. The van der Waals surface area contributed by atoms with Gasteiger partial charge in [-0.05, 0) is 59.1 Å². The van der Waals surface area contributed by atoms with Crippen LogP contribution in [-0.2, 0) is 9.59 Å². The monoisotopic (exact) mass is 405 g/mol. The van der Waals surface area contributed by atoms with Crippen molar-refractivity contribution < 1.29 is 9.59 Å². The van der Waals surface area contributed by atoms with Crippen LogP contribution >= 0.6 is 0 Å². The first-order valence-corrected chi connectivity index (χ1v) is 10.9. The summed E-state index contributed by atoms with van der Waals surface area (Å²) >= 11 is 0. The molecule has 31 heavy (non-hydrogen) atoms. The van der Waals surface area contributed by atoms with E-state index in [-0.39, 0.29) is 35.5 Å². The lowest BCUT2D eigenvalue weighted by Gasteiger charge is -2.27. The lowest BCUT2D eigenvalue weighted by molar-refractivity contribution is -0.123. The normalized spacial score (nSPS) is 26.7. The van der Waals surface area contributed by atoms with Crippen molar-refractivity contribution in [3.8, 4) is 0 Å². The van der Waals surface area contributed by atoms with E-state index in [1.807, 2.05) is 43.3 Å². The van der Waals surface area contributed by atoms with E-state index in [1.54, 1.807) is 0 Å². The van der Waals surface area contributed by atoms with Crippen LogP contribution in [0.15, 0.2) is 84.9 Å². The Bertz CT molecular complexity index is 1150. The van der Waals surface area contributed by atoms with Gasteiger partial charge in [-0.15, -0.1) is 0 Å². The van der Waals surface area contributed by atoms with Gasteiger partial charge >= 0.3 is 0 Å². The van der Waals surface area contributed by atoms with Gasteiger partial charge in [-0.2, -0.15) is 0 Å². The number of carbonyl (C=O) groups excluding carboxylic acids is 2. The van der Waals surface area contributed by atoms with Crippen molar-refractivity contribution in [3.63, 3.8) is 0 Å². The minimum absolute atomic E-state index is 0.0302. The van der Waals surface area contributed by atoms with Crippen molar-refractivity contribution >= 4 is 28.6 Å². The first kappa shape index (κ1) is 18.3. The lowest BCUT2D eigenvalue weighted by atomic mass is 9.73. The molecule has 3 aromatic rings. The summed E-state index contributed by atoms with van der Waals surface area (Å²) in [6, 6.07) is 28.5. The Morgan fingerprint density at radius 2 is 1.10 bits per heavy atom. The molecule has 152 valence electrons. The highest BCUT2D eigenvalue weighted by Crippen LogP contribution is 2.64. The number of rotatable bonds is 3. The van der Waals surface area contributed by atoms with E-state index in [9.17, 15) is 9.59 Å². The molecule has 0 aromatic heterocycles. The van der Waals surface area contributed by atoms with Crippen LogP contribution in [0.5, 0.6) is 0 Å². The smallest absolute Gasteiger partial charge is 0.238 e. The van der Waals surface area contributed by atoms with E-state index in [0.717, 1.165) is 17.7 Å². The third-order valence-corrected chi connectivity index (χ3v) is 7.33. The molecule has 3 heteroatoms. The summed E-state index contributed by atoms with van der Waals surface area (Å²) < 4.78 is 0. The number of carbonyl (C=O) groups is 2. The zero-order valence-corrected chi connectivity index (χ0v) is 17.4. The molecule has 2 amide bonds. The Kier molecular flexibility index (Phi) is 4.01. The summed E-state index contributed by atoms with van der Waals surface area (Å²) in [6.45, 7) is 1.96. The van der Waals surface area contributed by atoms with Gasteiger partial charge < -0.3 is 0 Å². The first-order chi connectivity index (χ1) is 15.2. The molecule has 6 rings (SSSR count). The molecule has 1 aliphatic heterocycles. The fraction of sp³-hybridized carbons (Fsp3) is 0.214. The van der Waals surface area contributed by atoms with Crippen LogP contribution in [0.1, 0.15) is 23.1 Å². The van der Waals surface area contributed by atoms with Crippen LogP contribution < -0.4 is 4.90 Å². The Labute approximate surface area is 182 Å². The molecule has 3 aromatic carbocycles. The second-order valence-electron chi connectivity index (χ2n) is 8.86. The van der Waals surface area contributed by atoms with Crippen molar-refractivity contribution in [2.45, 2.75) is 13.3 Å². The van der Waals surface area contributed by atoms with Gasteiger partial charge in [0.2, 0.25) is 11.8 Å². The average molecular weight is 405 g/mol. The molecule has 1 saturated heterocycles. The maximum Gasteiger partial charge on any atom is 0.238 e. The molecule has 3 nitrogen and oxygen atoms in total. The number of hydrogen-bond acceptors (Lipinski definition) is 2. The number of nitrogens with zero attached hydrogens (tertiary/aromatic N) is 1. The summed E-state index contributed by atoms with van der Waals surface area (Å²) in [4.78, 5) is 28.8. The van der Waals surface area contributed by atoms with Crippen molar-refractivity contribution in [2.24, 2.45) is 23.7 Å². The van der Waals surface area contributed by atoms with E-state index in [1.165, 1.54) is 27.2 Å². The summed E-state index contributed by atoms with van der Waals surface area (Å²) in [5.74, 6) is -0.426. The van der Waals surface area contributed by atoms with Gasteiger partial charge in [0.25, 0.3) is 0 Å². The molecule has 1 saturated carbocycles. The molecule has 1 heterocycles. The third kappa shape index (κ3) is 2.53. The number of benzene rings is 3. The van der Waals surface area contributed by atoms with Gasteiger partial charge in [0.05, 0.1) is 17.5 Å². The molecule has 4 atom stereocenters. The van der Waals surface area contributed by atoms with E-state index in [4.69, 9.17) is 0 Å². The highest BCUT2D eigenvalue weighted by molar-refractivity contribution is 6.25. The predicted molar refractivity (Wildman–Crippen MR) is 122 cm³/mol. The van der Waals surface area contributed by atoms with Crippen molar-refractivity contribution in [1.29, 1.82) is 0 Å². The van der Waals surface area contributed by atoms with E-state index in [0.29, 0.717) is 0 Å². The van der Waals surface area contributed by atoms with Gasteiger partial charge in [0.15, 0.2) is 0 Å². The molecule has 0 spiro atoms.